The monoisotopic (exact) mass is 427 g/mol. The van der Waals surface area contributed by atoms with Crippen LogP contribution in [0.15, 0.2) is 16.0 Å². The van der Waals surface area contributed by atoms with Crippen molar-refractivity contribution in [2.24, 2.45) is 16.8 Å². The van der Waals surface area contributed by atoms with Gasteiger partial charge in [-0.15, -0.1) is 0 Å². The van der Waals surface area contributed by atoms with Crippen molar-refractivity contribution in [3.8, 4) is 0 Å². The van der Waals surface area contributed by atoms with E-state index < -0.39 is 11.1 Å². The van der Waals surface area contributed by atoms with Crippen LogP contribution < -0.4 is 29.6 Å². The van der Waals surface area contributed by atoms with Crippen molar-refractivity contribution in [2.75, 3.05) is 13.7 Å². The number of nitrogens with zero attached hydrogens (tertiary/aromatic N) is 3. The van der Waals surface area contributed by atoms with Gasteiger partial charge in [0.05, 0.1) is 24.0 Å². The Bertz CT molecular complexity index is 733. The molecule has 0 N–H and O–H groups in total. The van der Waals surface area contributed by atoms with Crippen LogP contribution in [0.4, 0.5) is 4.79 Å². The summed E-state index contributed by atoms with van der Waals surface area (Å²) in [6, 6.07) is 0.132. The molecule has 152 valence electrons. The smallest absolute Gasteiger partial charge is 0.581 e. The van der Waals surface area contributed by atoms with Gasteiger partial charge in [0, 0.05) is 12.0 Å². The third-order valence-electron chi connectivity index (χ3n) is 6.23. The average molecular weight is 428 g/mol. The van der Waals surface area contributed by atoms with Crippen molar-refractivity contribution < 1.29 is 48.7 Å². The Kier molecular flexibility index (Phi) is 8.00. The van der Waals surface area contributed by atoms with E-state index in [2.05, 4.69) is 5.32 Å². The van der Waals surface area contributed by atoms with E-state index in [1.807, 2.05) is 6.08 Å². The zero-order valence-electron chi connectivity index (χ0n) is 17.1. The van der Waals surface area contributed by atoms with Crippen molar-refractivity contribution in [1.29, 1.82) is 0 Å². The second-order valence-corrected chi connectivity index (χ2v) is 9.06. The van der Waals surface area contributed by atoms with E-state index in [9.17, 15) is 14.4 Å². The average Bonchev–Trinajstić information content (AvgIpc) is 3.01. The molecule has 2 saturated carbocycles. The number of thioether (sulfide) groups is 1. The molecule has 0 spiro atoms. The minimum Gasteiger partial charge on any atom is -0.581 e. The standard InChI is InChI=1S/C20H27N3O4S.Na/c1-23-17(21-15-5-3-2-4-14(15)19(23)25)11-27-13-8-6-12(7-9-13)10-16-18(24)22-20(26)28-16;/h10,12-15H,2-9,11H2,1H3,(H,22,24,26);/q;+1/p-1/b16-10+;. The van der Waals surface area contributed by atoms with Gasteiger partial charge in [-0.05, 0) is 44.4 Å². The molecule has 2 aliphatic heterocycles. The molecule has 2 aliphatic carbocycles. The van der Waals surface area contributed by atoms with Crippen molar-refractivity contribution in [2.45, 2.75) is 63.5 Å². The number of carbonyl (C=O) groups is 3. The number of hydrogen-bond donors (Lipinski definition) is 0. The molecule has 1 saturated heterocycles. The fourth-order valence-electron chi connectivity index (χ4n) is 4.57. The van der Waals surface area contributed by atoms with Gasteiger partial charge >= 0.3 is 29.6 Å². The first-order chi connectivity index (χ1) is 13.5. The molecule has 2 heterocycles. The Balaban J connectivity index is 0.00000240. The summed E-state index contributed by atoms with van der Waals surface area (Å²) in [4.78, 5) is 42.4. The molecule has 0 aromatic heterocycles. The van der Waals surface area contributed by atoms with Crippen LogP contribution in [0.1, 0.15) is 51.4 Å². The summed E-state index contributed by atoms with van der Waals surface area (Å²) in [5.41, 5.74) is 0. The van der Waals surface area contributed by atoms with Crippen LogP contribution in [0.2, 0.25) is 0 Å². The summed E-state index contributed by atoms with van der Waals surface area (Å²) in [5.74, 6) is 0.877. The molecule has 0 bridgehead atoms. The van der Waals surface area contributed by atoms with Gasteiger partial charge in [0.1, 0.15) is 17.7 Å². The van der Waals surface area contributed by atoms with Crippen molar-refractivity contribution >= 4 is 34.7 Å². The molecule has 3 fully saturated rings. The maximum Gasteiger partial charge on any atom is 1.00 e. The molecule has 4 aliphatic rings. The number of aliphatic imine (C=N–C) groups is 1. The molecule has 9 heteroatoms. The van der Waals surface area contributed by atoms with Gasteiger partial charge in [0.15, 0.2) is 0 Å². The molecule has 0 aromatic carbocycles. The van der Waals surface area contributed by atoms with Gasteiger partial charge in [-0.1, -0.05) is 30.7 Å². The second-order valence-electron chi connectivity index (χ2n) is 8.06. The molecule has 29 heavy (non-hydrogen) atoms. The number of hydrogen-bond acceptors (Lipinski definition) is 6. The number of imide groups is 1. The van der Waals surface area contributed by atoms with E-state index >= 15 is 0 Å². The minimum atomic E-state index is -0.416. The Labute approximate surface area is 197 Å². The van der Waals surface area contributed by atoms with Crippen LogP contribution >= 0.6 is 11.8 Å². The topological polar surface area (TPSA) is 90.1 Å². The zero-order valence-corrected chi connectivity index (χ0v) is 20.0. The normalized spacial score (nSPS) is 33.8. The fourth-order valence-corrected chi connectivity index (χ4v) is 5.28. The van der Waals surface area contributed by atoms with Gasteiger partial charge in [0.25, 0.3) is 0 Å². The molecule has 0 aromatic rings. The van der Waals surface area contributed by atoms with Crippen LogP contribution in [0.5, 0.6) is 0 Å². The first-order valence-corrected chi connectivity index (χ1v) is 11.0. The van der Waals surface area contributed by atoms with Crippen LogP contribution in [-0.4, -0.2) is 53.6 Å². The van der Waals surface area contributed by atoms with Crippen LogP contribution in [-0.2, 0) is 14.3 Å². The van der Waals surface area contributed by atoms with E-state index in [1.54, 1.807) is 11.9 Å². The van der Waals surface area contributed by atoms with Crippen molar-refractivity contribution in [3.05, 3.63) is 16.3 Å². The minimum absolute atomic E-state index is 0. The van der Waals surface area contributed by atoms with Crippen LogP contribution in [0.25, 0.3) is 5.32 Å². The molecule has 7 nitrogen and oxygen atoms in total. The first-order valence-electron chi connectivity index (χ1n) is 10.2. The third kappa shape index (κ3) is 5.34. The SMILES string of the molecule is CN1C(=O)C2CCCCC2N=C1COC1CCC(/C=C2/SC(=O)[N-]C2=O)CC1.[Na+]. The summed E-state index contributed by atoms with van der Waals surface area (Å²) >= 11 is 0.928. The molecule has 2 atom stereocenters. The van der Waals surface area contributed by atoms with Crippen molar-refractivity contribution in [1.82, 2.24) is 4.90 Å². The number of likely N-dealkylation sites (N-methyl/N-ethyl adjacent to an activating group) is 1. The predicted octanol–water partition coefficient (Wildman–Crippen LogP) is 0.646. The van der Waals surface area contributed by atoms with Crippen molar-refractivity contribution in [3.63, 3.8) is 0 Å². The van der Waals surface area contributed by atoms with Gasteiger partial charge in [-0.2, -0.15) is 0 Å². The van der Waals surface area contributed by atoms with E-state index in [0.717, 1.165) is 69.0 Å². The van der Waals surface area contributed by atoms with Gasteiger partial charge < -0.3 is 24.5 Å². The Morgan fingerprint density at radius 3 is 2.55 bits per heavy atom. The largest absolute Gasteiger partial charge is 1.00 e. The summed E-state index contributed by atoms with van der Waals surface area (Å²) in [5, 5.41) is 3.00. The molecule has 2 unspecified atom stereocenters. The molecule has 3 amide bonds. The molecule has 0 radical (unpaired) electrons. The molecular formula is C20H26N3NaO4S. The maximum atomic E-state index is 12.6. The van der Waals surface area contributed by atoms with Crippen LogP contribution in [0, 0.1) is 11.8 Å². The summed E-state index contributed by atoms with van der Waals surface area (Å²) in [7, 11) is 1.81. The number of ether oxygens (including phenoxy) is 1. The zero-order chi connectivity index (χ0) is 19.7. The Morgan fingerprint density at radius 1 is 1.14 bits per heavy atom. The number of amides is 3. The number of fused-ring (bicyclic) bond motifs is 1. The van der Waals surface area contributed by atoms with Gasteiger partial charge in [-0.3, -0.25) is 9.79 Å². The maximum absolute atomic E-state index is 12.6. The fraction of sp³-hybridized carbons (Fsp3) is 0.700. The summed E-state index contributed by atoms with van der Waals surface area (Å²) in [6.45, 7) is 0.379. The Morgan fingerprint density at radius 2 is 1.86 bits per heavy atom. The first kappa shape index (κ1) is 23.0. The number of allylic oxidation sites excluding steroid dienone is 1. The number of carbonyl (C=O) groups excluding carboxylic acids is 3. The van der Waals surface area contributed by atoms with Gasteiger partial charge in [0.2, 0.25) is 5.91 Å². The van der Waals surface area contributed by atoms with Gasteiger partial charge in [-0.25, -0.2) is 0 Å². The predicted molar refractivity (Wildman–Crippen MR) is 107 cm³/mol. The van der Waals surface area contributed by atoms with E-state index in [-0.39, 0.29) is 59.4 Å². The van der Waals surface area contributed by atoms with Crippen LogP contribution in [0.3, 0.4) is 0 Å². The summed E-state index contributed by atoms with van der Waals surface area (Å²) in [6.07, 6.45) is 9.89. The number of amidine groups is 1. The van der Waals surface area contributed by atoms with E-state index in [1.165, 1.54) is 0 Å². The van der Waals surface area contributed by atoms with E-state index in [0.29, 0.717) is 11.5 Å². The Hall–Kier alpha value is -0.670. The van der Waals surface area contributed by atoms with E-state index in [4.69, 9.17) is 9.73 Å². The third-order valence-corrected chi connectivity index (χ3v) is 7.03. The summed E-state index contributed by atoms with van der Waals surface area (Å²) < 4.78 is 6.09. The molecule has 4 rings (SSSR count). The molecular weight excluding hydrogens is 401 g/mol. The second kappa shape index (κ2) is 10.1. The number of rotatable bonds is 4. The quantitative estimate of drug-likeness (QED) is 0.485.